The average molecular weight is 724 g/mol. The van der Waals surface area contributed by atoms with Gasteiger partial charge in [-0.3, -0.25) is 4.98 Å². The van der Waals surface area contributed by atoms with Crippen LogP contribution in [0.5, 0.6) is 0 Å². The second-order valence-electron chi connectivity index (χ2n) is 9.39. The summed E-state index contributed by atoms with van der Waals surface area (Å²) >= 11 is 0. The Morgan fingerprint density at radius 1 is 0.537 bits per heavy atom. The minimum atomic E-state index is -2.94. The maximum atomic E-state index is 14.2. The summed E-state index contributed by atoms with van der Waals surface area (Å²) < 4.78 is 14.2. The van der Waals surface area contributed by atoms with Crippen molar-refractivity contribution in [3.8, 4) is 11.3 Å². The van der Waals surface area contributed by atoms with Crippen molar-refractivity contribution >= 4 is 44.7 Å². The maximum absolute atomic E-state index is 14.2. The van der Waals surface area contributed by atoms with Crippen LogP contribution in [0, 0.1) is 12.1 Å². The minimum absolute atomic E-state index is 0. The van der Waals surface area contributed by atoms with E-state index < -0.39 is 7.14 Å². The maximum Gasteiger partial charge on any atom is 0.147 e. The molecule has 0 aliphatic carbocycles. The largest absolute Gasteiger partial charge is 0.311 e. The van der Waals surface area contributed by atoms with E-state index in [0.717, 1.165) is 43.5 Å². The third kappa shape index (κ3) is 6.14. The van der Waals surface area contributed by atoms with Gasteiger partial charge in [0.15, 0.2) is 0 Å². The fraction of sp³-hybridized carbons (Fsp3) is 0. The van der Waals surface area contributed by atoms with Crippen molar-refractivity contribution in [2.24, 2.45) is 0 Å². The van der Waals surface area contributed by atoms with Crippen molar-refractivity contribution < 1.29 is 24.7 Å². The summed E-state index contributed by atoms with van der Waals surface area (Å²) in [4.78, 5) is 4.61. The second kappa shape index (κ2) is 13.0. The molecule has 0 atom stereocenters. The van der Waals surface area contributed by atoms with Gasteiger partial charge in [-0.25, -0.2) is 0 Å². The van der Waals surface area contributed by atoms with Crippen LogP contribution in [0.15, 0.2) is 158 Å². The van der Waals surface area contributed by atoms with E-state index in [9.17, 15) is 4.57 Å². The summed E-state index contributed by atoms with van der Waals surface area (Å²) in [6, 6.07) is 58.1. The van der Waals surface area contributed by atoms with Gasteiger partial charge >= 0.3 is 0 Å². The van der Waals surface area contributed by atoms with E-state index in [1.54, 1.807) is 0 Å². The molecule has 6 aromatic carbocycles. The van der Waals surface area contributed by atoms with Gasteiger partial charge in [0.25, 0.3) is 0 Å². The van der Waals surface area contributed by atoms with E-state index in [-0.39, 0.29) is 20.1 Å². The van der Waals surface area contributed by atoms with Crippen LogP contribution in [0.1, 0.15) is 0 Å². The molecule has 0 bridgehead atoms. The Bertz CT molecular complexity index is 1880. The summed E-state index contributed by atoms with van der Waals surface area (Å²) in [6.45, 7) is 0. The fourth-order valence-electron chi connectivity index (χ4n) is 4.77. The van der Waals surface area contributed by atoms with Crippen molar-refractivity contribution in [2.45, 2.75) is 0 Å². The quantitative estimate of drug-likeness (QED) is 0.136. The smallest absolute Gasteiger partial charge is 0.147 e. The van der Waals surface area contributed by atoms with Crippen molar-refractivity contribution in [2.75, 3.05) is 0 Å². The Kier molecular flexibility index (Phi) is 9.02. The van der Waals surface area contributed by atoms with Crippen LogP contribution in [0.25, 0.3) is 32.9 Å². The van der Waals surface area contributed by atoms with E-state index >= 15 is 0 Å². The predicted molar refractivity (Wildman–Crippen MR) is 168 cm³/mol. The number of nitrogens with zero attached hydrogens (tertiary/aromatic N) is 1. The zero-order valence-electron chi connectivity index (χ0n) is 22.1. The van der Waals surface area contributed by atoms with Crippen LogP contribution in [0.4, 0.5) is 0 Å². The number of hydrogen-bond donors (Lipinski definition) is 0. The molecule has 201 valence electrons. The van der Waals surface area contributed by atoms with Gasteiger partial charge in [-0.05, 0) is 17.1 Å². The first-order chi connectivity index (χ1) is 19.7. The molecular formula is C37H26IrNOP-2. The number of rotatable bonds is 4. The molecule has 1 heterocycles. The first kappa shape index (κ1) is 28.4. The molecule has 0 fully saturated rings. The number of benzene rings is 6. The Morgan fingerprint density at radius 3 is 1.78 bits per heavy atom. The Labute approximate surface area is 254 Å². The number of pyridine rings is 1. The second-order valence-corrected chi connectivity index (χ2v) is 12.1. The van der Waals surface area contributed by atoms with Crippen LogP contribution >= 0.6 is 7.14 Å². The molecule has 1 radical (unpaired) electrons. The van der Waals surface area contributed by atoms with Crippen molar-refractivity contribution in [3.63, 3.8) is 0 Å². The van der Waals surface area contributed by atoms with Gasteiger partial charge in [0.1, 0.15) is 7.14 Å². The molecule has 7 aromatic rings. The molecule has 7 rings (SSSR count). The number of para-hydroxylation sites is 1. The molecule has 0 saturated carbocycles. The molecule has 4 heteroatoms. The number of hydrogen-bond acceptors (Lipinski definition) is 2. The van der Waals surface area contributed by atoms with Gasteiger partial charge in [0, 0.05) is 30.7 Å². The average Bonchev–Trinajstić information content (AvgIpc) is 3.05. The summed E-state index contributed by atoms with van der Waals surface area (Å²) in [5, 5.41) is 5.78. The predicted octanol–water partition coefficient (Wildman–Crippen LogP) is 7.98. The summed E-state index contributed by atoms with van der Waals surface area (Å²) in [5.74, 6) is 0. The monoisotopic (exact) mass is 724 g/mol. The van der Waals surface area contributed by atoms with Gasteiger partial charge < -0.3 is 4.57 Å². The van der Waals surface area contributed by atoms with Crippen LogP contribution in [0.2, 0.25) is 0 Å². The third-order valence-corrected chi connectivity index (χ3v) is 9.81. The van der Waals surface area contributed by atoms with E-state index in [4.69, 9.17) is 0 Å². The fourth-order valence-corrected chi connectivity index (χ4v) is 7.37. The Morgan fingerprint density at radius 2 is 1.12 bits per heavy atom. The van der Waals surface area contributed by atoms with Crippen molar-refractivity contribution in [1.29, 1.82) is 0 Å². The summed E-state index contributed by atoms with van der Waals surface area (Å²) in [5.41, 5.74) is 3.03. The van der Waals surface area contributed by atoms with Gasteiger partial charge in [-0.1, -0.05) is 114 Å². The Hall–Kier alpha value is -4.13. The zero-order valence-corrected chi connectivity index (χ0v) is 25.4. The molecular weight excluding hydrogens is 698 g/mol. The normalized spacial score (nSPS) is 10.8. The molecule has 0 N–H and O–H groups in total. The van der Waals surface area contributed by atoms with Crippen LogP contribution in [-0.2, 0) is 24.7 Å². The first-order valence-corrected chi connectivity index (χ1v) is 14.9. The zero-order chi connectivity index (χ0) is 27.2. The van der Waals surface area contributed by atoms with Crippen molar-refractivity contribution in [1.82, 2.24) is 4.98 Å². The van der Waals surface area contributed by atoms with E-state index in [2.05, 4.69) is 29.2 Å². The van der Waals surface area contributed by atoms with Crippen molar-refractivity contribution in [3.05, 3.63) is 170 Å². The number of aromatic nitrogens is 1. The van der Waals surface area contributed by atoms with Crippen LogP contribution in [0.3, 0.4) is 0 Å². The summed E-state index contributed by atoms with van der Waals surface area (Å²) in [7, 11) is -2.94. The van der Waals surface area contributed by atoms with E-state index in [1.807, 2.05) is 146 Å². The van der Waals surface area contributed by atoms with Crippen LogP contribution in [-0.4, -0.2) is 4.98 Å². The van der Waals surface area contributed by atoms with Gasteiger partial charge in [-0.2, -0.15) is 18.2 Å². The summed E-state index contributed by atoms with van der Waals surface area (Å²) in [6.07, 6.45) is 0. The topological polar surface area (TPSA) is 30.0 Å². The van der Waals surface area contributed by atoms with E-state index in [0.29, 0.717) is 0 Å². The van der Waals surface area contributed by atoms with Gasteiger partial charge in [0.05, 0.1) is 5.52 Å². The third-order valence-electron chi connectivity index (χ3n) is 6.83. The molecule has 0 aliphatic heterocycles. The minimum Gasteiger partial charge on any atom is -0.311 e. The van der Waals surface area contributed by atoms with Gasteiger partial charge in [0.2, 0.25) is 0 Å². The number of fused-ring (bicyclic) bond motifs is 2. The van der Waals surface area contributed by atoms with E-state index in [1.165, 1.54) is 5.39 Å². The van der Waals surface area contributed by atoms with Crippen LogP contribution < -0.4 is 15.9 Å². The molecule has 1 aromatic heterocycles. The van der Waals surface area contributed by atoms with Gasteiger partial charge in [-0.15, -0.1) is 52.7 Å². The standard InChI is InChI=1S/C22H16OP.C15H10N.Ir/c23-24(20-11-3-1-4-12-20,21-13-5-2-6-14-21)22-16-15-18-9-7-8-10-19(18)17-22;1-2-6-12(7-3-1)15-11-10-13-8-4-5-9-14(13)16-15;/h1-15,17H;1-6,8-11H;/q2*-1;. The molecule has 0 amide bonds. The molecule has 41 heavy (non-hydrogen) atoms. The molecule has 0 saturated heterocycles. The molecule has 0 spiro atoms. The Balaban J connectivity index is 0.000000173. The first-order valence-electron chi connectivity index (χ1n) is 13.2. The molecule has 0 unspecified atom stereocenters. The SMILES string of the molecule is O=P(c1[c-]cc2ccccc2c1)(c1ccccc1)c1ccccc1.[Ir].[c-]1ccccc1-c1ccc2ccccc2n1. The molecule has 2 nitrogen and oxygen atoms in total. The molecule has 0 aliphatic rings.